The molecule has 0 amide bonds. The van der Waals surface area contributed by atoms with Crippen molar-refractivity contribution in [2.45, 2.75) is 6.54 Å². The molecule has 0 fully saturated rings. The number of hydrogen-bond donors (Lipinski definition) is 0. The molecule has 0 atom stereocenters. The molecule has 0 aliphatic carbocycles. The summed E-state index contributed by atoms with van der Waals surface area (Å²) in [5, 5.41) is 4.65. The van der Waals surface area contributed by atoms with Gasteiger partial charge in [-0.3, -0.25) is 4.68 Å². The number of methoxy groups -OCH3 is 2. The van der Waals surface area contributed by atoms with Crippen LogP contribution in [0, 0.1) is 0 Å². The minimum atomic E-state index is 0.405. The lowest BCUT2D eigenvalue weighted by Gasteiger charge is -2.06. The van der Waals surface area contributed by atoms with Crippen LogP contribution in [-0.2, 0) is 11.3 Å². The quantitative estimate of drug-likeness (QED) is 0.780. The SMILES string of the molecule is COCCn1cc(-c2cnc(Cl)cc2OC)cn1. The van der Waals surface area contributed by atoms with Crippen LogP contribution in [-0.4, -0.2) is 35.6 Å². The topological polar surface area (TPSA) is 49.2 Å². The van der Waals surface area contributed by atoms with E-state index in [1.54, 1.807) is 32.7 Å². The Morgan fingerprint density at radius 2 is 2.17 bits per heavy atom. The van der Waals surface area contributed by atoms with Crippen molar-refractivity contribution in [3.05, 3.63) is 29.8 Å². The Hall–Kier alpha value is -1.59. The molecule has 2 aromatic rings. The van der Waals surface area contributed by atoms with Gasteiger partial charge in [-0.25, -0.2) is 4.98 Å². The van der Waals surface area contributed by atoms with Gasteiger partial charge in [0.1, 0.15) is 10.9 Å². The van der Waals surface area contributed by atoms with Gasteiger partial charge < -0.3 is 9.47 Å². The van der Waals surface area contributed by atoms with Gasteiger partial charge in [0.15, 0.2) is 0 Å². The maximum absolute atomic E-state index is 5.83. The van der Waals surface area contributed by atoms with Crippen LogP contribution in [0.1, 0.15) is 0 Å². The molecule has 0 aromatic carbocycles. The number of ether oxygens (including phenoxy) is 2. The first kappa shape index (κ1) is 12.9. The second-order valence-corrected chi connectivity index (χ2v) is 4.08. The van der Waals surface area contributed by atoms with Crippen molar-refractivity contribution in [1.29, 1.82) is 0 Å². The molecule has 0 saturated heterocycles. The molecule has 2 rings (SSSR count). The van der Waals surface area contributed by atoms with Crippen LogP contribution < -0.4 is 4.74 Å². The van der Waals surface area contributed by atoms with Crippen LogP contribution in [0.25, 0.3) is 11.1 Å². The minimum absolute atomic E-state index is 0.405. The summed E-state index contributed by atoms with van der Waals surface area (Å²) in [4.78, 5) is 4.06. The molecule has 6 heteroatoms. The van der Waals surface area contributed by atoms with Gasteiger partial charge in [0.25, 0.3) is 0 Å². The molecule has 0 N–H and O–H groups in total. The van der Waals surface area contributed by atoms with Gasteiger partial charge in [0.05, 0.1) is 26.5 Å². The van der Waals surface area contributed by atoms with Crippen molar-refractivity contribution < 1.29 is 9.47 Å². The first-order valence-corrected chi connectivity index (χ1v) is 5.83. The predicted molar refractivity (Wildman–Crippen MR) is 68.9 cm³/mol. The van der Waals surface area contributed by atoms with Crippen LogP contribution in [0.15, 0.2) is 24.7 Å². The summed E-state index contributed by atoms with van der Waals surface area (Å²) >= 11 is 5.83. The van der Waals surface area contributed by atoms with E-state index in [1.165, 1.54) is 0 Å². The van der Waals surface area contributed by atoms with Gasteiger partial charge in [-0.1, -0.05) is 11.6 Å². The highest BCUT2D eigenvalue weighted by Gasteiger charge is 2.09. The Balaban J connectivity index is 2.28. The minimum Gasteiger partial charge on any atom is -0.496 e. The summed E-state index contributed by atoms with van der Waals surface area (Å²) in [5.41, 5.74) is 1.80. The zero-order valence-electron chi connectivity index (χ0n) is 10.3. The molecule has 96 valence electrons. The summed E-state index contributed by atoms with van der Waals surface area (Å²) in [6, 6.07) is 1.68. The first-order valence-electron chi connectivity index (χ1n) is 5.46. The van der Waals surface area contributed by atoms with Crippen LogP contribution in [0.5, 0.6) is 5.75 Å². The van der Waals surface area contributed by atoms with Crippen LogP contribution in [0.2, 0.25) is 5.15 Å². The fourth-order valence-electron chi connectivity index (χ4n) is 1.61. The van der Waals surface area contributed by atoms with Gasteiger partial charge in [-0.15, -0.1) is 0 Å². The Kier molecular flexibility index (Phi) is 4.17. The highest BCUT2D eigenvalue weighted by atomic mass is 35.5. The lowest BCUT2D eigenvalue weighted by molar-refractivity contribution is 0.183. The van der Waals surface area contributed by atoms with E-state index in [-0.39, 0.29) is 0 Å². The van der Waals surface area contributed by atoms with Crippen LogP contribution in [0.4, 0.5) is 0 Å². The molecular weight excluding hydrogens is 254 g/mol. The number of pyridine rings is 1. The molecule has 0 unspecified atom stereocenters. The van der Waals surface area contributed by atoms with Crippen molar-refractivity contribution in [1.82, 2.24) is 14.8 Å². The summed E-state index contributed by atoms with van der Waals surface area (Å²) in [7, 11) is 3.26. The second-order valence-electron chi connectivity index (χ2n) is 3.69. The Bertz CT molecular complexity index is 528. The van der Waals surface area contributed by atoms with E-state index in [2.05, 4.69) is 10.1 Å². The number of nitrogens with zero attached hydrogens (tertiary/aromatic N) is 3. The Morgan fingerprint density at radius 1 is 1.33 bits per heavy atom. The molecule has 0 aliphatic heterocycles. The summed E-state index contributed by atoms with van der Waals surface area (Å²) in [5.74, 6) is 0.682. The summed E-state index contributed by atoms with van der Waals surface area (Å²) < 4.78 is 12.1. The molecule has 0 aliphatic rings. The first-order chi connectivity index (χ1) is 8.74. The average molecular weight is 268 g/mol. The highest BCUT2D eigenvalue weighted by Crippen LogP contribution is 2.30. The number of halogens is 1. The van der Waals surface area contributed by atoms with Crippen molar-refractivity contribution in [2.24, 2.45) is 0 Å². The smallest absolute Gasteiger partial charge is 0.132 e. The van der Waals surface area contributed by atoms with E-state index in [4.69, 9.17) is 21.1 Å². The monoisotopic (exact) mass is 267 g/mol. The van der Waals surface area contributed by atoms with E-state index >= 15 is 0 Å². The van der Waals surface area contributed by atoms with Crippen LogP contribution >= 0.6 is 11.6 Å². The van der Waals surface area contributed by atoms with Crippen molar-refractivity contribution in [3.63, 3.8) is 0 Å². The van der Waals surface area contributed by atoms with Gasteiger partial charge in [0, 0.05) is 36.7 Å². The Labute approximate surface area is 110 Å². The third kappa shape index (κ3) is 2.80. The van der Waals surface area contributed by atoms with Gasteiger partial charge in [-0.05, 0) is 0 Å². The van der Waals surface area contributed by atoms with Crippen LogP contribution in [0.3, 0.4) is 0 Å². The molecule has 0 saturated carbocycles. The lowest BCUT2D eigenvalue weighted by Crippen LogP contribution is -2.03. The average Bonchev–Trinajstić information content (AvgIpc) is 2.84. The van der Waals surface area contributed by atoms with E-state index in [1.807, 2.05) is 10.9 Å². The fourth-order valence-corrected chi connectivity index (χ4v) is 1.76. The third-order valence-electron chi connectivity index (χ3n) is 2.52. The van der Waals surface area contributed by atoms with E-state index in [0.717, 1.165) is 11.1 Å². The maximum Gasteiger partial charge on any atom is 0.132 e. The lowest BCUT2D eigenvalue weighted by atomic mass is 10.1. The maximum atomic E-state index is 5.83. The van der Waals surface area contributed by atoms with Crippen molar-refractivity contribution in [3.8, 4) is 16.9 Å². The summed E-state index contributed by atoms with van der Waals surface area (Å²) in [6.07, 6.45) is 5.37. The second kappa shape index (κ2) is 5.84. The normalized spacial score (nSPS) is 10.6. The number of aromatic nitrogens is 3. The number of hydrogen-bond acceptors (Lipinski definition) is 4. The number of rotatable bonds is 5. The zero-order chi connectivity index (χ0) is 13.0. The molecule has 0 spiro atoms. The summed E-state index contributed by atoms with van der Waals surface area (Å²) in [6.45, 7) is 1.33. The van der Waals surface area contributed by atoms with Gasteiger partial charge in [-0.2, -0.15) is 5.10 Å². The fraction of sp³-hybridized carbons (Fsp3) is 0.333. The molecule has 2 heterocycles. The third-order valence-corrected chi connectivity index (χ3v) is 2.73. The zero-order valence-corrected chi connectivity index (χ0v) is 11.0. The van der Waals surface area contributed by atoms with Crippen molar-refractivity contribution in [2.75, 3.05) is 20.8 Å². The van der Waals surface area contributed by atoms with E-state index < -0.39 is 0 Å². The largest absolute Gasteiger partial charge is 0.496 e. The van der Waals surface area contributed by atoms with Gasteiger partial charge >= 0.3 is 0 Å². The molecule has 0 bridgehead atoms. The Morgan fingerprint density at radius 3 is 2.89 bits per heavy atom. The molecule has 0 radical (unpaired) electrons. The standard InChI is InChI=1S/C12H14ClN3O2/c1-17-4-3-16-8-9(6-15-16)10-7-14-12(13)5-11(10)18-2/h5-8H,3-4H2,1-2H3. The highest BCUT2D eigenvalue weighted by molar-refractivity contribution is 6.29. The molecule has 2 aromatic heterocycles. The van der Waals surface area contributed by atoms with Crippen molar-refractivity contribution >= 4 is 11.6 Å². The molecular formula is C12H14ClN3O2. The molecule has 5 nitrogen and oxygen atoms in total. The van der Waals surface area contributed by atoms with Gasteiger partial charge in [0.2, 0.25) is 0 Å². The predicted octanol–water partition coefficient (Wildman–Crippen LogP) is 2.25. The van der Waals surface area contributed by atoms with E-state index in [0.29, 0.717) is 24.1 Å². The van der Waals surface area contributed by atoms with E-state index in [9.17, 15) is 0 Å². The molecule has 18 heavy (non-hydrogen) atoms.